The van der Waals surface area contributed by atoms with Crippen molar-refractivity contribution < 1.29 is 19.1 Å². The molecule has 0 bridgehead atoms. The van der Waals surface area contributed by atoms with Crippen molar-refractivity contribution in [2.24, 2.45) is 11.3 Å². The van der Waals surface area contributed by atoms with E-state index in [9.17, 15) is 9.59 Å². The van der Waals surface area contributed by atoms with Crippen LogP contribution in [0.4, 0.5) is 0 Å². The van der Waals surface area contributed by atoms with Gasteiger partial charge in [-0.15, -0.1) is 0 Å². The van der Waals surface area contributed by atoms with Crippen LogP contribution < -0.4 is 0 Å². The summed E-state index contributed by atoms with van der Waals surface area (Å²) in [6.45, 7) is 8.33. The van der Waals surface area contributed by atoms with E-state index in [4.69, 9.17) is 9.47 Å². The van der Waals surface area contributed by atoms with Crippen LogP contribution >= 0.6 is 0 Å². The van der Waals surface area contributed by atoms with Crippen LogP contribution in [0.5, 0.6) is 0 Å². The predicted octanol–water partition coefficient (Wildman–Crippen LogP) is 4.30. The van der Waals surface area contributed by atoms with Crippen LogP contribution in [0.1, 0.15) is 62.4 Å². The summed E-state index contributed by atoms with van der Waals surface area (Å²) in [4.78, 5) is 25.1. The molecule has 1 saturated carbocycles. The lowest BCUT2D eigenvalue weighted by Crippen LogP contribution is -2.42. The summed E-state index contributed by atoms with van der Waals surface area (Å²) in [6.07, 6.45) is 2.51. The minimum atomic E-state index is -0.700. The maximum absolute atomic E-state index is 12.7. The van der Waals surface area contributed by atoms with E-state index in [-0.39, 0.29) is 17.9 Å². The summed E-state index contributed by atoms with van der Waals surface area (Å²) in [7, 11) is 0. The van der Waals surface area contributed by atoms with Gasteiger partial charge in [0, 0.05) is 0 Å². The molecule has 24 heavy (non-hydrogen) atoms. The Morgan fingerprint density at radius 2 is 2.08 bits per heavy atom. The van der Waals surface area contributed by atoms with Gasteiger partial charge in [-0.05, 0) is 50.7 Å². The van der Waals surface area contributed by atoms with Crippen molar-refractivity contribution >= 4 is 11.9 Å². The molecule has 132 valence electrons. The van der Waals surface area contributed by atoms with E-state index in [2.05, 4.69) is 0 Å². The molecule has 0 amide bonds. The van der Waals surface area contributed by atoms with Crippen LogP contribution in [0.2, 0.25) is 0 Å². The van der Waals surface area contributed by atoms with Crippen molar-refractivity contribution in [2.75, 3.05) is 6.61 Å². The first kappa shape index (κ1) is 18.5. The van der Waals surface area contributed by atoms with Gasteiger partial charge in [-0.25, -0.2) is 4.79 Å². The van der Waals surface area contributed by atoms with Gasteiger partial charge in [0.2, 0.25) is 0 Å². The van der Waals surface area contributed by atoms with Gasteiger partial charge < -0.3 is 9.47 Å². The van der Waals surface area contributed by atoms with Gasteiger partial charge in [-0.2, -0.15) is 0 Å². The van der Waals surface area contributed by atoms with Gasteiger partial charge in [0.05, 0.1) is 12.2 Å². The van der Waals surface area contributed by atoms with Crippen molar-refractivity contribution in [3.05, 3.63) is 35.4 Å². The second-order valence-corrected chi connectivity index (χ2v) is 7.16. The molecule has 1 aromatic rings. The number of aryl methyl sites for hydroxylation is 1. The molecule has 2 atom stereocenters. The number of esters is 2. The second-order valence-electron chi connectivity index (χ2n) is 7.16. The molecule has 0 N–H and O–H groups in total. The summed E-state index contributed by atoms with van der Waals surface area (Å²) < 4.78 is 11.2. The molecule has 4 heteroatoms. The highest BCUT2D eigenvalue weighted by molar-refractivity contribution is 5.90. The van der Waals surface area contributed by atoms with Gasteiger partial charge in [0.15, 0.2) is 0 Å². The minimum absolute atomic E-state index is 0.224. The van der Waals surface area contributed by atoms with E-state index in [0.717, 1.165) is 12.0 Å². The zero-order chi connectivity index (χ0) is 17.7. The Morgan fingerprint density at radius 3 is 2.71 bits per heavy atom. The van der Waals surface area contributed by atoms with E-state index < -0.39 is 11.5 Å². The molecule has 0 spiro atoms. The van der Waals surface area contributed by atoms with Gasteiger partial charge >= 0.3 is 11.9 Å². The average Bonchev–Trinajstić information content (AvgIpc) is 2.96. The fourth-order valence-corrected chi connectivity index (χ4v) is 3.35. The molecule has 1 fully saturated rings. The molecule has 2 unspecified atom stereocenters. The second kappa shape index (κ2) is 7.82. The van der Waals surface area contributed by atoms with Gasteiger partial charge in [-0.3, -0.25) is 4.79 Å². The molecule has 1 aliphatic rings. The van der Waals surface area contributed by atoms with Gasteiger partial charge in [-0.1, -0.05) is 38.5 Å². The SMILES string of the molecule is CCC1(C(=O)OCC(C)C)CCCC1OC(=O)c1cccc(C)c1. The van der Waals surface area contributed by atoms with Crippen LogP contribution in [0.25, 0.3) is 0 Å². The Morgan fingerprint density at radius 1 is 1.33 bits per heavy atom. The zero-order valence-electron chi connectivity index (χ0n) is 15.1. The van der Waals surface area contributed by atoms with Crippen molar-refractivity contribution in [3.63, 3.8) is 0 Å². The minimum Gasteiger partial charge on any atom is -0.465 e. The number of hydrogen-bond donors (Lipinski definition) is 0. The highest BCUT2D eigenvalue weighted by atomic mass is 16.6. The lowest BCUT2D eigenvalue weighted by molar-refractivity contribution is -0.163. The fraction of sp³-hybridized carbons (Fsp3) is 0.600. The monoisotopic (exact) mass is 332 g/mol. The Hall–Kier alpha value is -1.84. The van der Waals surface area contributed by atoms with Crippen LogP contribution in [-0.2, 0) is 14.3 Å². The lowest BCUT2D eigenvalue weighted by Gasteiger charge is -2.32. The van der Waals surface area contributed by atoms with Crippen LogP contribution in [0.15, 0.2) is 24.3 Å². The molecule has 1 aliphatic carbocycles. The summed E-state index contributed by atoms with van der Waals surface area (Å²) in [5, 5.41) is 0. The summed E-state index contributed by atoms with van der Waals surface area (Å²) >= 11 is 0. The first-order valence-electron chi connectivity index (χ1n) is 8.84. The third kappa shape index (κ3) is 3.97. The number of hydrogen-bond acceptors (Lipinski definition) is 4. The average molecular weight is 332 g/mol. The van der Waals surface area contributed by atoms with Crippen LogP contribution in [0.3, 0.4) is 0 Å². The van der Waals surface area contributed by atoms with Crippen molar-refractivity contribution in [1.82, 2.24) is 0 Å². The number of ether oxygens (including phenoxy) is 2. The first-order chi connectivity index (χ1) is 11.4. The number of rotatable bonds is 6. The summed E-state index contributed by atoms with van der Waals surface area (Å²) in [6, 6.07) is 7.33. The molecule has 4 nitrogen and oxygen atoms in total. The van der Waals surface area contributed by atoms with Crippen molar-refractivity contribution in [1.29, 1.82) is 0 Å². The number of carbonyl (C=O) groups excluding carboxylic acids is 2. The maximum atomic E-state index is 12.7. The fourth-order valence-electron chi connectivity index (χ4n) is 3.35. The molecule has 2 rings (SSSR count). The molecule has 0 saturated heterocycles. The van der Waals surface area contributed by atoms with Gasteiger partial charge in [0.1, 0.15) is 11.5 Å². The van der Waals surface area contributed by atoms with Crippen LogP contribution in [-0.4, -0.2) is 24.6 Å². The predicted molar refractivity (Wildman–Crippen MR) is 92.8 cm³/mol. The summed E-state index contributed by atoms with van der Waals surface area (Å²) in [5.41, 5.74) is 0.838. The maximum Gasteiger partial charge on any atom is 0.338 e. The van der Waals surface area contributed by atoms with Gasteiger partial charge in [0.25, 0.3) is 0 Å². The Labute approximate surface area is 144 Å². The van der Waals surface area contributed by atoms with Crippen molar-refractivity contribution in [2.45, 2.75) is 59.5 Å². The highest BCUT2D eigenvalue weighted by Gasteiger charge is 2.51. The first-order valence-corrected chi connectivity index (χ1v) is 8.84. The lowest BCUT2D eigenvalue weighted by atomic mass is 9.81. The molecule has 1 aromatic carbocycles. The quantitative estimate of drug-likeness (QED) is 0.729. The Bertz CT molecular complexity index is 593. The zero-order valence-corrected chi connectivity index (χ0v) is 15.1. The number of benzene rings is 1. The normalized spacial score (nSPS) is 23.3. The van der Waals surface area contributed by atoms with Crippen molar-refractivity contribution in [3.8, 4) is 0 Å². The van der Waals surface area contributed by atoms with E-state index >= 15 is 0 Å². The van der Waals surface area contributed by atoms with Crippen LogP contribution in [0, 0.1) is 18.3 Å². The van der Waals surface area contributed by atoms with E-state index in [1.165, 1.54) is 0 Å². The van der Waals surface area contributed by atoms with E-state index in [1.54, 1.807) is 6.07 Å². The summed E-state index contributed by atoms with van der Waals surface area (Å²) in [5.74, 6) is -0.295. The molecule has 0 aliphatic heterocycles. The molecular weight excluding hydrogens is 304 g/mol. The molecule has 0 aromatic heterocycles. The molecule has 0 heterocycles. The standard InChI is InChI=1S/C20H28O4/c1-5-20(19(22)23-13-14(2)3)11-7-10-17(20)24-18(21)16-9-6-8-15(4)12-16/h6,8-9,12,14,17H,5,7,10-11,13H2,1-4H3. The van der Waals surface area contributed by atoms with E-state index in [0.29, 0.717) is 31.4 Å². The topological polar surface area (TPSA) is 52.6 Å². The van der Waals surface area contributed by atoms with E-state index in [1.807, 2.05) is 45.9 Å². The third-order valence-corrected chi connectivity index (χ3v) is 4.79. The largest absolute Gasteiger partial charge is 0.465 e. The molecular formula is C20H28O4. The smallest absolute Gasteiger partial charge is 0.338 e. The Kier molecular flexibility index (Phi) is 6.03. The third-order valence-electron chi connectivity index (χ3n) is 4.79. The molecule has 0 radical (unpaired) electrons. The number of carbonyl (C=O) groups is 2. The highest BCUT2D eigenvalue weighted by Crippen LogP contribution is 2.44. The Balaban J connectivity index is 2.12.